The largest absolute Gasteiger partial charge is 0.378 e. The number of aryl methyl sites for hydroxylation is 2. The Hall–Kier alpha value is -3.15. The molecule has 0 saturated heterocycles. The van der Waals surface area contributed by atoms with Gasteiger partial charge in [0.1, 0.15) is 0 Å². The number of benzene rings is 2. The Labute approximate surface area is 165 Å². The number of anilines is 1. The van der Waals surface area contributed by atoms with Gasteiger partial charge >= 0.3 is 0 Å². The number of carbonyl (C=O) groups excluding carboxylic acids is 1. The Morgan fingerprint density at radius 3 is 2.36 bits per heavy atom. The van der Waals surface area contributed by atoms with Crippen molar-refractivity contribution >= 4 is 11.6 Å². The van der Waals surface area contributed by atoms with E-state index in [2.05, 4.69) is 34.5 Å². The fourth-order valence-corrected chi connectivity index (χ4v) is 2.78. The van der Waals surface area contributed by atoms with Crippen molar-refractivity contribution in [2.45, 2.75) is 32.7 Å². The first-order valence-corrected chi connectivity index (χ1v) is 9.50. The van der Waals surface area contributed by atoms with Crippen LogP contribution in [0.3, 0.4) is 0 Å². The predicted molar refractivity (Wildman–Crippen MR) is 110 cm³/mol. The van der Waals surface area contributed by atoms with Gasteiger partial charge in [0.05, 0.1) is 0 Å². The van der Waals surface area contributed by atoms with Crippen molar-refractivity contribution in [1.82, 2.24) is 15.5 Å². The number of carbonyl (C=O) groups is 1. The molecule has 1 aromatic heterocycles. The van der Waals surface area contributed by atoms with Crippen molar-refractivity contribution in [2.24, 2.45) is 0 Å². The van der Waals surface area contributed by atoms with E-state index in [1.807, 2.05) is 55.4 Å². The highest BCUT2D eigenvalue weighted by atomic mass is 16.5. The molecule has 2 aromatic carbocycles. The van der Waals surface area contributed by atoms with Crippen LogP contribution < -0.4 is 10.2 Å². The van der Waals surface area contributed by atoms with Crippen molar-refractivity contribution in [3.05, 3.63) is 65.5 Å². The lowest BCUT2D eigenvalue weighted by Crippen LogP contribution is -2.23. The van der Waals surface area contributed by atoms with E-state index in [0.29, 0.717) is 31.1 Å². The van der Waals surface area contributed by atoms with Gasteiger partial charge in [-0.15, -0.1) is 0 Å². The van der Waals surface area contributed by atoms with E-state index in [1.54, 1.807) is 0 Å². The third-order valence-electron chi connectivity index (χ3n) is 4.60. The van der Waals surface area contributed by atoms with Gasteiger partial charge < -0.3 is 14.7 Å². The minimum Gasteiger partial charge on any atom is -0.378 e. The molecule has 0 radical (unpaired) electrons. The van der Waals surface area contributed by atoms with Crippen LogP contribution in [0.15, 0.2) is 53.1 Å². The topological polar surface area (TPSA) is 71.3 Å². The van der Waals surface area contributed by atoms with Crippen LogP contribution in [-0.2, 0) is 24.2 Å². The number of amides is 1. The van der Waals surface area contributed by atoms with Crippen molar-refractivity contribution < 1.29 is 9.32 Å². The highest BCUT2D eigenvalue weighted by Gasteiger charge is 2.11. The van der Waals surface area contributed by atoms with Gasteiger partial charge in [-0.2, -0.15) is 4.98 Å². The maximum absolute atomic E-state index is 12.1. The van der Waals surface area contributed by atoms with Crippen LogP contribution in [0.1, 0.15) is 30.4 Å². The van der Waals surface area contributed by atoms with Crippen LogP contribution in [-0.4, -0.2) is 30.1 Å². The van der Waals surface area contributed by atoms with E-state index < -0.39 is 0 Å². The van der Waals surface area contributed by atoms with Gasteiger partial charge in [0.2, 0.25) is 17.6 Å². The fraction of sp³-hybridized carbons (Fsp3) is 0.318. The molecule has 1 heterocycles. The Morgan fingerprint density at radius 1 is 1.04 bits per heavy atom. The molecule has 0 spiro atoms. The van der Waals surface area contributed by atoms with Gasteiger partial charge in [-0.1, -0.05) is 48.5 Å². The molecule has 1 N–H and O–H groups in total. The predicted octanol–water partition coefficient (Wildman–Crippen LogP) is 3.61. The third kappa shape index (κ3) is 5.19. The lowest BCUT2D eigenvalue weighted by molar-refractivity contribution is -0.121. The van der Waals surface area contributed by atoms with Crippen molar-refractivity contribution in [1.29, 1.82) is 0 Å². The van der Waals surface area contributed by atoms with Crippen LogP contribution in [0.2, 0.25) is 0 Å². The molecule has 0 aliphatic carbocycles. The Balaban J connectivity index is 1.47. The molecule has 0 saturated carbocycles. The maximum Gasteiger partial charge on any atom is 0.227 e. The smallest absolute Gasteiger partial charge is 0.227 e. The first kappa shape index (κ1) is 19.6. The molecule has 0 aliphatic heterocycles. The molecule has 146 valence electrons. The van der Waals surface area contributed by atoms with Gasteiger partial charge in [-0.3, -0.25) is 4.79 Å². The quantitative estimate of drug-likeness (QED) is 0.648. The zero-order valence-electron chi connectivity index (χ0n) is 16.6. The summed E-state index contributed by atoms with van der Waals surface area (Å²) in [6.45, 7) is 2.62. The molecule has 3 rings (SSSR count). The third-order valence-corrected chi connectivity index (χ3v) is 4.60. The summed E-state index contributed by atoms with van der Waals surface area (Å²) in [5, 5.41) is 6.94. The van der Waals surface area contributed by atoms with E-state index in [-0.39, 0.29) is 5.91 Å². The molecule has 6 nitrogen and oxygen atoms in total. The summed E-state index contributed by atoms with van der Waals surface area (Å²) in [6, 6.07) is 16.2. The average Bonchev–Trinajstić information content (AvgIpc) is 3.20. The van der Waals surface area contributed by atoms with Crippen molar-refractivity contribution in [3.8, 4) is 11.4 Å². The Bertz CT molecular complexity index is 899. The summed E-state index contributed by atoms with van der Waals surface area (Å²) in [6.07, 6.45) is 1.73. The van der Waals surface area contributed by atoms with Gasteiger partial charge in [-0.25, -0.2) is 0 Å². The standard InChI is InChI=1S/C22H26N4O2/c1-4-16-5-9-18(10-6-16)22-24-21(28-25-22)14-13-20(27)23-15-17-7-11-19(12-8-17)26(2)3/h5-12H,4,13-15H2,1-3H3,(H,23,27). The molecule has 0 bridgehead atoms. The summed E-state index contributed by atoms with van der Waals surface area (Å²) in [4.78, 5) is 18.5. The normalized spacial score (nSPS) is 10.7. The van der Waals surface area contributed by atoms with Crippen LogP contribution >= 0.6 is 0 Å². The number of hydrogen-bond donors (Lipinski definition) is 1. The second kappa shape index (κ2) is 9.17. The highest BCUT2D eigenvalue weighted by molar-refractivity contribution is 5.76. The second-order valence-electron chi connectivity index (χ2n) is 6.90. The van der Waals surface area contributed by atoms with E-state index >= 15 is 0 Å². The van der Waals surface area contributed by atoms with Gasteiger partial charge in [-0.05, 0) is 29.7 Å². The summed E-state index contributed by atoms with van der Waals surface area (Å²) < 4.78 is 5.28. The molecular formula is C22H26N4O2. The van der Waals surface area contributed by atoms with Crippen LogP contribution in [0, 0.1) is 0 Å². The summed E-state index contributed by atoms with van der Waals surface area (Å²) in [7, 11) is 4.00. The van der Waals surface area contributed by atoms with E-state index in [4.69, 9.17) is 4.52 Å². The zero-order valence-corrected chi connectivity index (χ0v) is 16.6. The molecule has 0 unspecified atom stereocenters. The van der Waals surface area contributed by atoms with Gasteiger partial charge in [0.25, 0.3) is 0 Å². The number of rotatable bonds is 8. The van der Waals surface area contributed by atoms with Gasteiger partial charge in [0.15, 0.2) is 0 Å². The highest BCUT2D eigenvalue weighted by Crippen LogP contribution is 2.17. The Morgan fingerprint density at radius 2 is 1.71 bits per heavy atom. The second-order valence-corrected chi connectivity index (χ2v) is 6.90. The van der Waals surface area contributed by atoms with Crippen molar-refractivity contribution in [3.63, 3.8) is 0 Å². The van der Waals surface area contributed by atoms with Crippen molar-refractivity contribution in [2.75, 3.05) is 19.0 Å². The number of hydrogen-bond acceptors (Lipinski definition) is 5. The van der Waals surface area contributed by atoms with E-state index in [9.17, 15) is 4.79 Å². The van der Waals surface area contributed by atoms with E-state index in [1.165, 1.54) is 5.56 Å². The number of nitrogens with zero attached hydrogens (tertiary/aromatic N) is 3. The molecule has 0 fully saturated rings. The Kier molecular flexibility index (Phi) is 6.42. The molecule has 3 aromatic rings. The lowest BCUT2D eigenvalue weighted by Gasteiger charge is -2.12. The first-order valence-electron chi connectivity index (χ1n) is 9.50. The first-order chi connectivity index (χ1) is 13.5. The van der Waals surface area contributed by atoms with Crippen LogP contribution in [0.4, 0.5) is 5.69 Å². The van der Waals surface area contributed by atoms with E-state index in [0.717, 1.165) is 23.2 Å². The van der Waals surface area contributed by atoms with Crippen LogP contribution in [0.5, 0.6) is 0 Å². The summed E-state index contributed by atoms with van der Waals surface area (Å²) >= 11 is 0. The molecular weight excluding hydrogens is 352 g/mol. The molecule has 0 aliphatic rings. The minimum absolute atomic E-state index is 0.0382. The maximum atomic E-state index is 12.1. The minimum atomic E-state index is -0.0382. The number of nitrogens with one attached hydrogen (secondary N) is 1. The summed E-state index contributed by atoms with van der Waals surface area (Å²) in [5.41, 5.74) is 4.37. The van der Waals surface area contributed by atoms with Crippen LogP contribution in [0.25, 0.3) is 11.4 Å². The average molecular weight is 378 g/mol. The SMILES string of the molecule is CCc1ccc(-c2noc(CCC(=O)NCc3ccc(N(C)C)cc3)n2)cc1. The molecule has 28 heavy (non-hydrogen) atoms. The zero-order chi connectivity index (χ0) is 19.9. The lowest BCUT2D eigenvalue weighted by atomic mass is 10.1. The van der Waals surface area contributed by atoms with Gasteiger partial charge in [0, 0.05) is 44.7 Å². The molecule has 0 atom stereocenters. The molecule has 6 heteroatoms. The molecule has 1 amide bonds. The summed E-state index contributed by atoms with van der Waals surface area (Å²) in [5.74, 6) is 0.989. The fourth-order valence-electron chi connectivity index (χ4n) is 2.78. The monoisotopic (exact) mass is 378 g/mol. The number of aromatic nitrogens is 2.